The molecular weight excluding hydrogens is 343 g/mol. The number of hydrogen-bond acceptors (Lipinski definition) is 4. The SMILES string of the molecule is Fc1ccc(-c2ncn(CCCN3CCOCC3)c2-c2ccccn2)cc1. The van der Waals surface area contributed by atoms with E-state index in [9.17, 15) is 4.39 Å². The van der Waals surface area contributed by atoms with Crippen molar-refractivity contribution in [3.8, 4) is 22.6 Å². The highest BCUT2D eigenvalue weighted by molar-refractivity contribution is 5.76. The molecular formula is C21H23FN4O. The highest BCUT2D eigenvalue weighted by atomic mass is 19.1. The van der Waals surface area contributed by atoms with Gasteiger partial charge in [0.1, 0.15) is 5.82 Å². The summed E-state index contributed by atoms with van der Waals surface area (Å²) in [6, 6.07) is 12.3. The maximum atomic E-state index is 13.3. The standard InChI is InChI=1S/C21H23FN4O/c22-18-7-5-17(6-8-18)20-21(19-4-1-2-9-23-19)26(16-24-20)11-3-10-25-12-14-27-15-13-25/h1-2,4-9,16H,3,10-15H2. The molecule has 0 atom stereocenters. The first kappa shape index (κ1) is 17.8. The number of morpholine rings is 1. The lowest BCUT2D eigenvalue weighted by atomic mass is 10.1. The number of imidazole rings is 1. The molecule has 1 aromatic carbocycles. The van der Waals surface area contributed by atoms with Crippen molar-refractivity contribution >= 4 is 0 Å². The molecule has 3 heterocycles. The summed E-state index contributed by atoms with van der Waals surface area (Å²) in [6.07, 6.45) is 4.68. The fourth-order valence-corrected chi connectivity index (χ4v) is 3.43. The largest absolute Gasteiger partial charge is 0.379 e. The first-order valence-electron chi connectivity index (χ1n) is 9.34. The molecule has 1 fully saturated rings. The van der Waals surface area contributed by atoms with E-state index >= 15 is 0 Å². The van der Waals surface area contributed by atoms with Crippen molar-refractivity contribution in [1.82, 2.24) is 19.4 Å². The van der Waals surface area contributed by atoms with Gasteiger partial charge in [0.15, 0.2) is 0 Å². The smallest absolute Gasteiger partial charge is 0.123 e. The lowest BCUT2D eigenvalue weighted by molar-refractivity contribution is 0.0369. The number of aromatic nitrogens is 3. The van der Waals surface area contributed by atoms with E-state index in [0.717, 1.165) is 68.5 Å². The number of aryl methyl sites for hydroxylation is 1. The number of rotatable bonds is 6. The Kier molecular flexibility index (Phi) is 5.55. The van der Waals surface area contributed by atoms with E-state index in [1.54, 1.807) is 18.3 Å². The van der Waals surface area contributed by atoms with Crippen LogP contribution in [-0.2, 0) is 11.3 Å². The van der Waals surface area contributed by atoms with Crippen LogP contribution in [0.15, 0.2) is 55.0 Å². The summed E-state index contributed by atoms with van der Waals surface area (Å²) in [4.78, 5) is 11.6. The summed E-state index contributed by atoms with van der Waals surface area (Å²) < 4.78 is 20.9. The third-order valence-corrected chi connectivity index (χ3v) is 4.84. The predicted octanol–water partition coefficient (Wildman–Crippen LogP) is 3.47. The Hall–Kier alpha value is -2.57. The van der Waals surface area contributed by atoms with Crippen LogP contribution in [0.1, 0.15) is 6.42 Å². The van der Waals surface area contributed by atoms with Crippen molar-refractivity contribution in [2.75, 3.05) is 32.8 Å². The summed E-state index contributed by atoms with van der Waals surface area (Å²) >= 11 is 0. The molecule has 2 aromatic heterocycles. The molecule has 6 heteroatoms. The predicted molar refractivity (Wildman–Crippen MR) is 103 cm³/mol. The Morgan fingerprint density at radius 2 is 1.78 bits per heavy atom. The minimum Gasteiger partial charge on any atom is -0.379 e. The van der Waals surface area contributed by atoms with Crippen molar-refractivity contribution in [2.24, 2.45) is 0 Å². The van der Waals surface area contributed by atoms with Gasteiger partial charge in [-0.05, 0) is 42.8 Å². The van der Waals surface area contributed by atoms with E-state index in [1.165, 1.54) is 12.1 Å². The molecule has 5 nitrogen and oxygen atoms in total. The van der Waals surface area contributed by atoms with Crippen molar-refractivity contribution in [2.45, 2.75) is 13.0 Å². The second-order valence-corrected chi connectivity index (χ2v) is 6.66. The Morgan fingerprint density at radius 1 is 0.963 bits per heavy atom. The zero-order chi connectivity index (χ0) is 18.5. The van der Waals surface area contributed by atoms with Gasteiger partial charge in [-0.25, -0.2) is 9.37 Å². The monoisotopic (exact) mass is 366 g/mol. The Morgan fingerprint density at radius 3 is 2.52 bits per heavy atom. The molecule has 140 valence electrons. The summed E-state index contributed by atoms with van der Waals surface area (Å²) in [5.74, 6) is -0.247. The van der Waals surface area contributed by atoms with Gasteiger partial charge in [-0.15, -0.1) is 0 Å². The third kappa shape index (κ3) is 4.23. The van der Waals surface area contributed by atoms with Crippen LogP contribution in [0.5, 0.6) is 0 Å². The van der Waals surface area contributed by atoms with E-state index in [2.05, 4.69) is 19.4 Å². The molecule has 0 aliphatic carbocycles. The van der Waals surface area contributed by atoms with E-state index in [0.29, 0.717) is 0 Å². The summed E-state index contributed by atoms with van der Waals surface area (Å²) in [5, 5.41) is 0. The maximum Gasteiger partial charge on any atom is 0.123 e. The molecule has 0 bridgehead atoms. The highest BCUT2D eigenvalue weighted by Gasteiger charge is 2.16. The topological polar surface area (TPSA) is 43.2 Å². The number of pyridine rings is 1. The van der Waals surface area contributed by atoms with E-state index in [-0.39, 0.29) is 5.82 Å². The van der Waals surface area contributed by atoms with Crippen LogP contribution >= 0.6 is 0 Å². The van der Waals surface area contributed by atoms with Crippen LogP contribution in [-0.4, -0.2) is 52.3 Å². The second-order valence-electron chi connectivity index (χ2n) is 6.66. The number of halogens is 1. The number of ether oxygens (including phenoxy) is 1. The lowest BCUT2D eigenvalue weighted by Gasteiger charge is -2.26. The molecule has 0 amide bonds. The average Bonchev–Trinajstić information content (AvgIpc) is 3.14. The zero-order valence-electron chi connectivity index (χ0n) is 15.2. The van der Waals surface area contributed by atoms with E-state index < -0.39 is 0 Å². The first-order chi connectivity index (χ1) is 13.3. The van der Waals surface area contributed by atoms with Crippen LogP contribution in [0.3, 0.4) is 0 Å². The first-order valence-corrected chi connectivity index (χ1v) is 9.34. The Balaban J connectivity index is 1.58. The summed E-state index contributed by atoms with van der Waals surface area (Å²) in [6.45, 7) is 5.53. The Bertz CT molecular complexity index is 858. The van der Waals surface area contributed by atoms with Gasteiger partial charge >= 0.3 is 0 Å². The molecule has 0 unspecified atom stereocenters. The molecule has 27 heavy (non-hydrogen) atoms. The molecule has 1 aliphatic rings. The van der Waals surface area contributed by atoms with Gasteiger partial charge in [0.2, 0.25) is 0 Å². The van der Waals surface area contributed by atoms with E-state index in [4.69, 9.17) is 4.74 Å². The summed E-state index contributed by atoms with van der Waals surface area (Å²) in [7, 11) is 0. The van der Waals surface area contributed by atoms with Crippen molar-refractivity contribution in [3.05, 3.63) is 60.8 Å². The average molecular weight is 366 g/mol. The highest BCUT2D eigenvalue weighted by Crippen LogP contribution is 2.30. The zero-order valence-corrected chi connectivity index (χ0v) is 15.2. The van der Waals surface area contributed by atoms with Gasteiger partial charge in [-0.2, -0.15) is 0 Å². The number of nitrogens with zero attached hydrogens (tertiary/aromatic N) is 4. The number of benzene rings is 1. The quantitative estimate of drug-likeness (QED) is 0.670. The molecule has 0 N–H and O–H groups in total. The molecule has 0 spiro atoms. The molecule has 0 radical (unpaired) electrons. The van der Waals surface area contributed by atoms with Crippen molar-refractivity contribution < 1.29 is 9.13 Å². The van der Waals surface area contributed by atoms with Crippen LogP contribution < -0.4 is 0 Å². The summed E-state index contributed by atoms with van der Waals surface area (Å²) in [5.41, 5.74) is 3.58. The van der Waals surface area contributed by atoms with Gasteiger partial charge in [-0.1, -0.05) is 6.07 Å². The van der Waals surface area contributed by atoms with Crippen LogP contribution in [0.2, 0.25) is 0 Å². The maximum absolute atomic E-state index is 13.3. The Labute approximate surface area is 158 Å². The minimum atomic E-state index is -0.247. The molecule has 1 aliphatic heterocycles. The molecule has 3 aromatic rings. The fourth-order valence-electron chi connectivity index (χ4n) is 3.43. The van der Waals surface area contributed by atoms with Gasteiger partial charge in [0.25, 0.3) is 0 Å². The number of hydrogen-bond donors (Lipinski definition) is 0. The van der Waals surface area contributed by atoms with Crippen molar-refractivity contribution in [3.63, 3.8) is 0 Å². The normalized spacial score (nSPS) is 15.1. The van der Waals surface area contributed by atoms with Crippen LogP contribution in [0.25, 0.3) is 22.6 Å². The van der Waals surface area contributed by atoms with Crippen LogP contribution in [0.4, 0.5) is 4.39 Å². The second kappa shape index (κ2) is 8.41. The van der Waals surface area contributed by atoms with Crippen LogP contribution in [0, 0.1) is 5.82 Å². The molecule has 4 rings (SSSR count). The van der Waals surface area contributed by atoms with E-state index in [1.807, 2.05) is 24.5 Å². The van der Waals surface area contributed by atoms with Gasteiger partial charge in [0.05, 0.1) is 36.6 Å². The third-order valence-electron chi connectivity index (χ3n) is 4.84. The fraction of sp³-hybridized carbons (Fsp3) is 0.333. The molecule has 1 saturated heterocycles. The van der Waals surface area contributed by atoms with Gasteiger partial charge in [0, 0.05) is 37.9 Å². The van der Waals surface area contributed by atoms with Crippen molar-refractivity contribution in [1.29, 1.82) is 0 Å². The minimum absolute atomic E-state index is 0.247. The van der Waals surface area contributed by atoms with Gasteiger partial charge in [-0.3, -0.25) is 9.88 Å². The molecule has 0 saturated carbocycles. The van der Waals surface area contributed by atoms with Gasteiger partial charge < -0.3 is 9.30 Å². The lowest BCUT2D eigenvalue weighted by Crippen LogP contribution is -2.37.